The van der Waals surface area contributed by atoms with Gasteiger partial charge < -0.3 is 8.82 Å². The molecule has 27 heavy (non-hydrogen) atoms. The number of pyridine rings is 1. The largest absolute Gasteiger partial charge is 0.422 e. The monoisotopic (exact) mass is 353 g/mol. The lowest BCUT2D eigenvalue weighted by atomic mass is 10.0. The van der Waals surface area contributed by atoms with E-state index in [9.17, 15) is 9.59 Å². The molecular weight excluding hydrogens is 338 g/mol. The minimum atomic E-state index is -0.348. The fourth-order valence-corrected chi connectivity index (χ4v) is 3.74. The van der Waals surface area contributed by atoms with E-state index in [2.05, 4.69) is 0 Å². The van der Waals surface area contributed by atoms with Crippen molar-refractivity contribution in [3.8, 4) is 11.3 Å². The van der Waals surface area contributed by atoms with Crippen LogP contribution >= 0.6 is 0 Å². The summed E-state index contributed by atoms with van der Waals surface area (Å²) in [6.45, 7) is 1.55. The Morgan fingerprint density at radius 2 is 1.63 bits per heavy atom. The van der Waals surface area contributed by atoms with Crippen LogP contribution in [0.25, 0.3) is 38.5 Å². The smallest absolute Gasteiger partial charge is 0.346 e. The molecule has 0 saturated carbocycles. The third-order valence-electron chi connectivity index (χ3n) is 4.97. The first-order chi connectivity index (χ1) is 13.1. The Kier molecular flexibility index (Phi) is 3.28. The molecule has 5 aromatic rings. The third kappa shape index (κ3) is 2.23. The number of fused-ring (bicyclic) bond motifs is 5. The van der Waals surface area contributed by atoms with Gasteiger partial charge in [0, 0.05) is 22.5 Å². The van der Waals surface area contributed by atoms with Crippen LogP contribution in [0.2, 0.25) is 0 Å². The normalized spacial score (nSPS) is 11.4. The van der Waals surface area contributed by atoms with Gasteiger partial charge in [-0.1, -0.05) is 48.5 Å². The zero-order valence-electron chi connectivity index (χ0n) is 14.6. The van der Waals surface area contributed by atoms with E-state index in [0.717, 1.165) is 27.5 Å². The lowest BCUT2D eigenvalue weighted by Crippen LogP contribution is -1.98. The quantitative estimate of drug-likeness (QED) is 0.329. The molecule has 4 nitrogen and oxygen atoms in total. The fourth-order valence-electron chi connectivity index (χ4n) is 3.74. The highest BCUT2D eigenvalue weighted by Crippen LogP contribution is 2.37. The molecule has 0 aliphatic carbocycles. The minimum Gasteiger partial charge on any atom is -0.422 e. The minimum absolute atomic E-state index is 0.0255. The number of nitrogens with zero attached hydrogens (tertiary/aromatic N) is 1. The second-order valence-electron chi connectivity index (χ2n) is 6.57. The van der Waals surface area contributed by atoms with E-state index < -0.39 is 0 Å². The van der Waals surface area contributed by atoms with Crippen molar-refractivity contribution < 1.29 is 9.21 Å². The van der Waals surface area contributed by atoms with Crippen molar-refractivity contribution in [2.75, 3.05) is 0 Å². The molecular formula is C23H15NO3. The number of aromatic nitrogens is 1. The second kappa shape index (κ2) is 5.68. The van der Waals surface area contributed by atoms with Crippen LogP contribution in [0.15, 0.2) is 82.1 Å². The molecule has 0 aliphatic heterocycles. The predicted octanol–water partition coefficient (Wildman–Crippen LogP) is 5.07. The van der Waals surface area contributed by atoms with Crippen molar-refractivity contribution in [3.63, 3.8) is 0 Å². The van der Waals surface area contributed by atoms with Gasteiger partial charge in [0.15, 0.2) is 5.78 Å². The molecule has 130 valence electrons. The molecule has 0 amide bonds. The molecule has 0 spiro atoms. The molecule has 0 fully saturated rings. The molecule has 0 radical (unpaired) electrons. The van der Waals surface area contributed by atoms with Gasteiger partial charge in [-0.25, -0.2) is 4.79 Å². The molecule has 5 rings (SSSR count). The maximum absolute atomic E-state index is 12.8. The number of hydrogen-bond donors (Lipinski definition) is 0. The first-order valence-electron chi connectivity index (χ1n) is 8.71. The molecule has 3 heterocycles. The Hall–Kier alpha value is -3.66. The summed E-state index contributed by atoms with van der Waals surface area (Å²) in [4.78, 5) is 24.4. The van der Waals surface area contributed by atoms with Crippen molar-refractivity contribution in [2.45, 2.75) is 6.92 Å². The fraction of sp³-hybridized carbons (Fsp3) is 0.0435. The summed E-state index contributed by atoms with van der Waals surface area (Å²) in [5.41, 5.74) is 3.53. The average molecular weight is 353 g/mol. The standard InChI is InChI=1S/C23H15NO3/c1-14(25)15-9-11-16(12-10-15)22-20-17-6-2-3-8-19(17)27-23(26)21(20)18-7-4-5-13-24(18)22/h2-13H,1H3. The average Bonchev–Trinajstić information content (AvgIpc) is 3.04. The summed E-state index contributed by atoms with van der Waals surface area (Å²) in [6.07, 6.45) is 1.94. The van der Waals surface area contributed by atoms with Gasteiger partial charge in [-0.05, 0) is 30.7 Å². The zero-order chi connectivity index (χ0) is 18.5. The van der Waals surface area contributed by atoms with Crippen molar-refractivity contribution in [1.82, 2.24) is 4.40 Å². The van der Waals surface area contributed by atoms with E-state index in [1.165, 1.54) is 0 Å². The summed E-state index contributed by atoms with van der Waals surface area (Å²) in [5.74, 6) is 0.0255. The summed E-state index contributed by atoms with van der Waals surface area (Å²) in [6, 6.07) is 20.8. The molecule has 0 aliphatic rings. The van der Waals surface area contributed by atoms with Crippen LogP contribution in [0.3, 0.4) is 0 Å². The van der Waals surface area contributed by atoms with Gasteiger partial charge >= 0.3 is 5.63 Å². The Morgan fingerprint density at radius 1 is 0.889 bits per heavy atom. The number of carbonyl (C=O) groups excluding carboxylic acids is 1. The van der Waals surface area contributed by atoms with Crippen molar-refractivity contribution in [1.29, 1.82) is 0 Å². The molecule has 0 atom stereocenters. The second-order valence-corrected chi connectivity index (χ2v) is 6.57. The molecule has 0 bridgehead atoms. The lowest BCUT2D eigenvalue weighted by molar-refractivity contribution is 0.101. The molecule has 4 heteroatoms. The molecule has 0 N–H and O–H groups in total. The molecule has 0 unspecified atom stereocenters. The molecule has 2 aromatic carbocycles. The number of ketones is 1. The van der Waals surface area contributed by atoms with Crippen molar-refractivity contribution in [3.05, 3.63) is 88.9 Å². The van der Waals surface area contributed by atoms with Crippen LogP contribution in [0.4, 0.5) is 0 Å². The Morgan fingerprint density at radius 3 is 2.41 bits per heavy atom. The van der Waals surface area contributed by atoms with E-state index in [0.29, 0.717) is 16.5 Å². The van der Waals surface area contributed by atoms with Crippen LogP contribution in [0, 0.1) is 0 Å². The number of hydrogen-bond acceptors (Lipinski definition) is 3. The highest BCUT2D eigenvalue weighted by Gasteiger charge is 2.19. The van der Waals surface area contributed by atoms with Crippen LogP contribution in [-0.4, -0.2) is 10.2 Å². The summed E-state index contributed by atoms with van der Waals surface area (Å²) in [7, 11) is 0. The lowest BCUT2D eigenvalue weighted by Gasteiger charge is -2.06. The van der Waals surface area contributed by atoms with Gasteiger partial charge in [0.1, 0.15) is 5.58 Å². The summed E-state index contributed by atoms with van der Waals surface area (Å²) < 4.78 is 7.58. The highest BCUT2D eigenvalue weighted by molar-refractivity contribution is 6.17. The first-order valence-corrected chi connectivity index (χ1v) is 8.71. The number of carbonyl (C=O) groups is 1. The van der Waals surface area contributed by atoms with E-state index >= 15 is 0 Å². The van der Waals surface area contributed by atoms with Crippen molar-refractivity contribution >= 4 is 33.0 Å². The Labute approximate surface area is 154 Å². The van der Waals surface area contributed by atoms with Gasteiger partial charge in [0.05, 0.1) is 16.6 Å². The molecule has 0 saturated heterocycles. The Balaban J connectivity index is 2.00. The van der Waals surface area contributed by atoms with Gasteiger partial charge in [-0.15, -0.1) is 0 Å². The number of benzene rings is 2. The van der Waals surface area contributed by atoms with E-state index in [-0.39, 0.29) is 11.4 Å². The van der Waals surface area contributed by atoms with Crippen LogP contribution in [-0.2, 0) is 0 Å². The SMILES string of the molecule is CC(=O)c1ccc(-c2c3c4ccccc4oc(=O)c3c3ccccn23)cc1. The Bertz CT molecular complexity index is 1410. The number of para-hydroxylation sites is 1. The van der Waals surface area contributed by atoms with Crippen molar-refractivity contribution in [2.24, 2.45) is 0 Å². The van der Waals surface area contributed by atoms with E-state index in [1.807, 2.05) is 71.3 Å². The first kappa shape index (κ1) is 15.6. The van der Waals surface area contributed by atoms with Gasteiger partial charge in [0.25, 0.3) is 0 Å². The van der Waals surface area contributed by atoms with Crippen LogP contribution in [0.1, 0.15) is 17.3 Å². The van der Waals surface area contributed by atoms with Crippen LogP contribution in [0.5, 0.6) is 0 Å². The summed E-state index contributed by atoms with van der Waals surface area (Å²) in [5, 5.41) is 2.32. The maximum atomic E-state index is 12.8. The molecule has 3 aromatic heterocycles. The van der Waals surface area contributed by atoms with E-state index in [4.69, 9.17) is 4.42 Å². The number of rotatable bonds is 2. The maximum Gasteiger partial charge on any atom is 0.346 e. The highest BCUT2D eigenvalue weighted by atomic mass is 16.4. The van der Waals surface area contributed by atoms with Gasteiger partial charge in [-0.2, -0.15) is 0 Å². The van der Waals surface area contributed by atoms with E-state index in [1.54, 1.807) is 13.0 Å². The third-order valence-corrected chi connectivity index (χ3v) is 4.97. The van der Waals surface area contributed by atoms with Gasteiger partial charge in [0.2, 0.25) is 0 Å². The predicted molar refractivity (Wildman–Crippen MR) is 106 cm³/mol. The zero-order valence-corrected chi connectivity index (χ0v) is 14.6. The van der Waals surface area contributed by atoms with Crippen LogP contribution < -0.4 is 5.63 Å². The van der Waals surface area contributed by atoms with Gasteiger partial charge in [-0.3, -0.25) is 4.79 Å². The summed E-state index contributed by atoms with van der Waals surface area (Å²) >= 11 is 0. The number of Topliss-reactive ketones (excluding diaryl/α,β-unsaturated/α-hetero) is 1. The topological polar surface area (TPSA) is 51.7 Å².